The molecule has 9 heteroatoms. The molecule has 0 N–H and O–H groups in total. The molecule has 0 radical (unpaired) electrons. The van der Waals surface area contributed by atoms with Crippen molar-refractivity contribution in [2.24, 2.45) is 0 Å². The highest BCUT2D eigenvalue weighted by atomic mass is 35.5. The van der Waals surface area contributed by atoms with Gasteiger partial charge in [0.05, 0.1) is 35.1 Å². The van der Waals surface area contributed by atoms with Gasteiger partial charge in [0, 0.05) is 36.8 Å². The number of carbonyl (C=O) groups excluding carboxylic acids is 1. The average molecular weight is 477 g/mol. The van der Waals surface area contributed by atoms with Crippen molar-refractivity contribution >= 4 is 38.9 Å². The molecule has 0 saturated carbocycles. The van der Waals surface area contributed by atoms with Crippen LogP contribution >= 0.6 is 11.6 Å². The minimum absolute atomic E-state index is 0.0528. The molecule has 1 atom stereocenters. The molecule has 3 heterocycles. The van der Waals surface area contributed by atoms with E-state index in [4.69, 9.17) is 11.6 Å². The number of fused-ring (bicyclic) bond motifs is 1. The number of halogens is 1. The Morgan fingerprint density at radius 1 is 1.25 bits per heavy atom. The Morgan fingerprint density at radius 3 is 2.72 bits per heavy atom. The second kappa shape index (κ2) is 8.32. The number of sulfonamides is 1. The van der Waals surface area contributed by atoms with Crippen LogP contribution in [-0.4, -0.2) is 55.5 Å². The lowest BCUT2D eigenvalue weighted by Gasteiger charge is -2.33. The van der Waals surface area contributed by atoms with E-state index in [1.165, 1.54) is 0 Å². The fraction of sp³-hybridized carbons (Fsp3) is 0.478. The molecule has 0 aliphatic carbocycles. The van der Waals surface area contributed by atoms with Gasteiger partial charge in [-0.2, -0.15) is 4.31 Å². The van der Waals surface area contributed by atoms with Crippen LogP contribution in [0.1, 0.15) is 49.5 Å². The third-order valence-electron chi connectivity index (χ3n) is 6.54. The van der Waals surface area contributed by atoms with Crippen molar-refractivity contribution in [3.63, 3.8) is 0 Å². The highest BCUT2D eigenvalue weighted by Gasteiger charge is 2.44. The van der Waals surface area contributed by atoms with Crippen LogP contribution in [0.2, 0.25) is 5.02 Å². The third kappa shape index (κ3) is 3.89. The normalized spacial score (nSPS) is 20.6. The summed E-state index contributed by atoms with van der Waals surface area (Å²) in [5.74, 6) is 0.0953. The van der Waals surface area contributed by atoms with Crippen LogP contribution in [0.3, 0.4) is 0 Å². The summed E-state index contributed by atoms with van der Waals surface area (Å²) in [5.41, 5.74) is 2.51. The summed E-state index contributed by atoms with van der Waals surface area (Å²) in [6.45, 7) is 6.86. The average Bonchev–Trinajstić information content (AvgIpc) is 3.30. The largest absolute Gasteiger partial charge is 0.369 e. The van der Waals surface area contributed by atoms with E-state index in [2.05, 4.69) is 9.88 Å². The molecule has 1 saturated heterocycles. The van der Waals surface area contributed by atoms with Gasteiger partial charge >= 0.3 is 0 Å². The van der Waals surface area contributed by atoms with Crippen molar-refractivity contribution in [2.75, 3.05) is 35.7 Å². The number of hydrogen-bond acceptors (Lipinski definition) is 5. The lowest BCUT2D eigenvalue weighted by Crippen LogP contribution is -2.40. The summed E-state index contributed by atoms with van der Waals surface area (Å²) in [4.78, 5) is 21.5. The van der Waals surface area contributed by atoms with E-state index in [0.717, 1.165) is 17.7 Å². The maximum absolute atomic E-state index is 13.2. The predicted molar refractivity (Wildman–Crippen MR) is 128 cm³/mol. The van der Waals surface area contributed by atoms with Gasteiger partial charge in [-0.3, -0.25) is 14.7 Å². The number of amides is 1. The maximum Gasteiger partial charge on any atom is 0.259 e. The highest BCUT2D eigenvalue weighted by molar-refractivity contribution is 7.89. The molecule has 1 aromatic heterocycles. The maximum atomic E-state index is 13.2. The van der Waals surface area contributed by atoms with Crippen molar-refractivity contribution in [1.29, 1.82) is 0 Å². The molecular weight excluding hydrogens is 448 g/mol. The van der Waals surface area contributed by atoms with Gasteiger partial charge in [-0.05, 0) is 56.5 Å². The summed E-state index contributed by atoms with van der Waals surface area (Å²) >= 11 is 6.20. The zero-order valence-corrected chi connectivity index (χ0v) is 20.4. The first-order valence-corrected chi connectivity index (χ1v) is 12.8. The van der Waals surface area contributed by atoms with Crippen LogP contribution in [0.15, 0.2) is 36.7 Å². The first-order chi connectivity index (χ1) is 15.1. The Labute approximate surface area is 195 Å². The number of aromatic nitrogens is 1. The first-order valence-electron chi connectivity index (χ1n) is 10.9. The fourth-order valence-corrected chi connectivity index (χ4v) is 6.48. The van der Waals surface area contributed by atoms with Gasteiger partial charge in [0.1, 0.15) is 0 Å². The molecule has 1 fully saturated rings. The van der Waals surface area contributed by atoms with Crippen LogP contribution in [-0.2, 0) is 15.6 Å². The Balaban J connectivity index is 1.59. The molecule has 2 aliphatic heterocycles. The van der Waals surface area contributed by atoms with Crippen molar-refractivity contribution in [3.05, 3.63) is 52.8 Å². The van der Waals surface area contributed by atoms with Gasteiger partial charge in [0.2, 0.25) is 10.0 Å². The van der Waals surface area contributed by atoms with Crippen molar-refractivity contribution < 1.29 is 13.2 Å². The number of nitrogens with zero attached hydrogens (tertiary/aromatic N) is 4. The molecule has 0 spiro atoms. The Bertz CT molecular complexity index is 1150. The first kappa shape index (κ1) is 23.0. The molecule has 2 aromatic rings. The Morgan fingerprint density at radius 2 is 2.00 bits per heavy atom. The Kier molecular flexibility index (Phi) is 5.98. The number of hydrogen-bond donors (Lipinski definition) is 0. The van der Waals surface area contributed by atoms with Crippen molar-refractivity contribution in [1.82, 2.24) is 9.29 Å². The lowest BCUT2D eigenvalue weighted by molar-refractivity contribution is 0.0982. The van der Waals surface area contributed by atoms with E-state index < -0.39 is 15.6 Å². The van der Waals surface area contributed by atoms with Crippen LogP contribution in [0.25, 0.3) is 0 Å². The minimum Gasteiger partial charge on any atom is -0.369 e. The number of likely N-dealkylation sites (N-methyl/N-ethyl adjacent to an activating group) is 1. The van der Waals surface area contributed by atoms with E-state index >= 15 is 0 Å². The van der Waals surface area contributed by atoms with Gasteiger partial charge in [-0.15, -0.1) is 0 Å². The summed E-state index contributed by atoms with van der Waals surface area (Å²) in [6.07, 6.45) is 4.81. The van der Waals surface area contributed by atoms with Crippen LogP contribution in [0.5, 0.6) is 0 Å². The molecule has 172 valence electrons. The van der Waals surface area contributed by atoms with Crippen LogP contribution in [0.4, 0.5) is 11.4 Å². The number of pyridine rings is 1. The topological polar surface area (TPSA) is 73.8 Å². The second-order valence-electron chi connectivity index (χ2n) is 9.02. The summed E-state index contributed by atoms with van der Waals surface area (Å²) in [7, 11) is -1.26. The third-order valence-corrected chi connectivity index (χ3v) is 8.82. The minimum atomic E-state index is -3.21. The number of rotatable bonds is 6. The molecule has 0 bridgehead atoms. The SMILES string of the molecule is CCCS(=O)(=O)N1CC[C@@H](N(C)c2cncc(N3C(=O)c4ccc(Cl)cc4C3(C)C)c2)C1. The van der Waals surface area contributed by atoms with E-state index in [-0.39, 0.29) is 17.7 Å². The van der Waals surface area contributed by atoms with Crippen molar-refractivity contribution in [3.8, 4) is 0 Å². The summed E-state index contributed by atoms with van der Waals surface area (Å²) in [6, 6.07) is 7.36. The molecule has 4 rings (SSSR count). The smallest absolute Gasteiger partial charge is 0.259 e. The van der Waals surface area contributed by atoms with Gasteiger partial charge < -0.3 is 4.90 Å². The Hall–Kier alpha value is -2.16. The highest BCUT2D eigenvalue weighted by Crippen LogP contribution is 2.43. The fourth-order valence-electron chi connectivity index (χ4n) is 4.75. The van der Waals surface area contributed by atoms with E-state index in [0.29, 0.717) is 35.8 Å². The van der Waals surface area contributed by atoms with Crippen LogP contribution in [0, 0.1) is 0 Å². The monoisotopic (exact) mass is 476 g/mol. The number of anilines is 2. The molecule has 1 aromatic carbocycles. The quantitative estimate of drug-likeness (QED) is 0.632. The number of carbonyl (C=O) groups is 1. The van der Waals surface area contributed by atoms with Crippen molar-refractivity contribution in [2.45, 2.75) is 45.2 Å². The molecule has 0 unspecified atom stereocenters. The van der Waals surface area contributed by atoms with Crippen LogP contribution < -0.4 is 9.80 Å². The lowest BCUT2D eigenvalue weighted by atomic mass is 9.93. The van der Waals surface area contributed by atoms with E-state index in [9.17, 15) is 13.2 Å². The van der Waals surface area contributed by atoms with Gasteiger partial charge in [-0.1, -0.05) is 18.5 Å². The van der Waals surface area contributed by atoms with E-state index in [1.54, 1.807) is 33.7 Å². The second-order valence-corrected chi connectivity index (χ2v) is 11.5. The molecule has 7 nitrogen and oxygen atoms in total. The molecule has 32 heavy (non-hydrogen) atoms. The van der Waals surface area contributed by atoms with E-state index in [1.807, 2.05) is 40.0 Å². The zero-order valence-electron chi connectivity index (χ0n) is 18.9. The molecular formula is C23H29ClN4O3S. The zero-order chi connectivity index (χ0) is 23.3. The van der Waals surface area contributed by atoms with Gasteiger partial charge in [0.25, 0.3) is 5.91 Å². The van der Waals surface area contributed by atoms with Gasteiger partial charge in [0.15, 0.2) is 0 Å². The number of benzene rings is 1. The molecule has 1 amide bonds. The summed E-state index contributed by atoms with van der Waals surface area (Å²) < 4.78 is 26.5. The van der Waals surface area contributed by atoms with Gasteiger partial charge in [-0.25, -0.2) is 8.42 Å². The summed E-state index contributed by atoms with van der Waals surface area (Å²) in [5, 5.41) is 0.599. The standard InChI is InChI=1S/C23H29ClN4O3S/c1-5-10-32(30,31)27-9-8-17(15-27)26(4)18-12-19(14-25-13-18)28-22(29)20-7-6-16(24)11-21(20)23(28,2)3/h6-7,11-14,17H,5,8-10,15H2,1-4H3/t17-/m1/s1. The molecule has 2 aliphatic rings. The predicted octanol–water partition coefficient (Wildman–Crippen LogP) is 3.88.